The van der Waals surface area contributed by atoms with Crippen molar-refractivity contribution in [3.05, 3.63) is 0 Å². The van der Waals surface area contributed by atoms with Gasteiger partial charge in [-0.3, -0.25) is 0 Å². The van der Waals surface area contributed by atoms with E-state index in [1.165, 1.54) is 0 Å². The van der Waals surface area contributed by atoms with Gasteiger partial charge in [0.25, 0.3) is 0 Å². The molecular formula is C6H16Mg. The molecule has 0 nitrogen and oxygen atoms in total. The van der Waals surface area contributed by atoms with Gasteiger partial charge in [0.2, 0.25) is 0 Å². The van der Waals surface area contributed by atoms with E-state index in [0.717, 1.165) is 11.8 Å². The monoisotopic (exact) mass is 112 g/mol. The molecule has 0 fully saturated rings. The second-order valence-electron chi connectivity index (χ2n) is 2.49. The van der Waals surface area contributed by atoms with E-state index in [1.54, 1.807) is 0 Å². The highest BCUT2D eigenvalue weighted by Crippen LogP contribution is 2.05. The molecule has 0 aliphatic heterocycles. The first-order valence-corrected chi connectivity index (χ1v) is 2.64. The third-order valence-electron chi connectivity index (χ3n) is 1.33. The van der Waals surface area contributed by atoms with Crippen LogP contribution < -0.4 is 0 Å². The first kappa shape index (κ1) is 10.7. The van der Waals surface area contributed by atoms with Gasteiger partial charge in [0.1, 0.15) is 0 Å². The molecule has 0 unspecified atom stereocenters. The third-order valence-corrected chi connectivity index (χ3v) is 1.33. The van der Waals surface area contributed by atoms with Crippen molar-refractivity contribution in [3.8, 4) is 0 Å². The summed E-state index contributed by atoms with van der Waals surface area (Å²) in [5.41, 5.74) is 0. The molecule has 42 valence electrons. The van der Waals surface area contributed by atoms with Crippen LogP contribution in [0.1, 0.15) is 27.7 Å². The summed E-state index contributed by atoms with van der Waals surface area (Å²) in [5.74, 6) is 1.70. The molecule has 0 rings (SSSR count). The van der Waals surface area contributed by atoms with Crippen molar-refractivity contribution < 1.29 is 0 Å². The Balaban J connectivity index is 0. The van der Waals surface area contributed by atoms with Crippen molar-refractivity contribution in [2.24, 2.45) is 11.8 Å². The van der Waals surface area contributed by atoms with Crippen LogP contribution in [0.3, 0.4) is 0 Å². The predicted octanol–water partition coefficient (Wildman–Crippen LogP) is 1.38. The van der Waals surface area contributed by atoms with Gasteiger partial charge in [-0.1, -0.05) is 27.7 Å². The van der Waals surface area contributed by atoms with Gasteiger partial charge >= 0.3 is 23.1 Å². The molecular weight excluding hydrogens is 96.4 g/mol. The average molecular weight is 112 g/mol. The molecule has 0 heterocycles. The lowest BCUT2D eigenvalue weighted by Gasteiger charge is -2.05. The maximum absolute atomic E-state index is 2.24. The fraction of sp³-hybridized carbons (Fsp3) is 1.00. The van der Waals surface area contributed by atoms with Crippen molar-refractivity contribution >= 4 is 23.1 Å². The molecule has 0 radical (unpaired) electrons. The van der Waals surface area contributed by atoms with Crippen molar-refractivity contribution in [1.29, 1.82) is 0 Å². The Hall–Kier alpha value is 0.766. The largest absolute Gasteiger partial charge is 0.316 e. The predicted molar refractivity (Wildman–Crippen MR) is 38.2 cm³/mol. The van der Waals surface area contributed by atoms with Gasteiger partial charge in [0.15, 0.2) is 0 Å². The number of hydrogen-bond donors (Lipinski definition) is 0. The maximum Gasteiger partial charge on any atom is 0.316 e. The molecule has 0 N–H and O–H groups in total. The first-order chi connectivity index (χ1) is 2.64. The van der Waals surface area contributed by atoms with E-state index in [1.807, 2.05) is 0 Å². The topological polar surface area (TPSA) is 0 Å². The Morgan fingerprint density at radius 1 is 0.714 bits per heavy atom. The summed E-state index contributed by atoms with van der Waals surface area (Å²) in [6, 6.07) is 0. The van der Waals surface area contributed by atoms with Crippen molar-refractivity contribution in [3.63, 3.8) is 0 Å². The lowest BCUT2D eigenvalue weighted by molar-refractivity contribution is 0.457. The Kier molecular flexibility index (Phi) is 7.51. The average Bonchev–Trinajstić information content (AvgIpc) is 1.36. The van der Waals surface area contributed by atoms with Crippen LogP contribution in [0.25, 0.3) is 0 Å². The second-order valence-corrected chi connectivity index (χ2v) is 2.49. The fourth-order valence-electron chi connectivity index (χ4n) is 0. The van der Waals surface area contributed by atoms with Crippen molar-refractivity contribution in [1.82, 2.24) is 0 Å². The van der Waals surface area contributed by atoms with E-state index in [2.05, 4.69) is 27.7 Å². The Morgan fingerprint density at radius 2 is 0.857 bits per heavy atom. The zero-order valence-electron chi connectivity index (χ0n) is 5.15. The van der Waals surface area contributed by atoms with Crippen LogP contribution in [-0.4, -0.2) is 23.1 Å². The summed E-state index contributed by atoms with van der Waals surface area (Å²) in [5, 5.41) is 0. The van der Waals surface area contributed by atoms with Gasteiger partial charge in [-0.25, -0.2) is 0 Å². The van der Waals surface area contributed by atoms with Gasteiger partial charge in [-0.15, -0.1) is 0 Å². The molecule has 0 spiro atoms. The Morgan fingerprint density at radius 3 is 0.857 bits per heavy atom. The maximum atomic E-state index is 2.24. The van der Waals surface area contributed by atoms with Gasteiger partial charge in [0.05, 0.1) is 0 Å². The smallest absolute Gasteiger partial charge is 0.0625 e. The quantitative estimate of drug-likeness (QED) is 0.450. The molecule has 0 saturated heterocycles. The molecule has 7 heavy (non-hydrogen) atoms. The highest BCUT2D eigenvalue weighted by molar-refractivity contribution is 5.75. The lowest BCUT2D eigenvalue weighted by atomic mass is 10.0. The molecule has 0 aliphatic carbocycles. The van der Waals surface area contributed by atoms with E-state index in [-0.39, 0.29) is 23.1 Å². The second kappa shape index (κ2) is 4.91. The molecule has 0 atom stereocenters. The minimum absolute atomic E-state index is 0. The molecule has 0 bridgehead atoms. The summed E-state index contributed by atoms with van der Waals surface area (Å²) in [4.78, 5) is 0. The molecule has 0 aromatic carbocycles. The zero-order valence-corrected chi connectivity index (χ0v) is 5.15. The van der Waals surface area contributed by atoms with Gasteiger partial charge in [-0.05, 0) is 11.8 Å². The highest BCUT2D eigenvalue weighted by Gasteiger charge is 1.95. The molecule has 0 aliphatic rings. The number of rotatable bonds is 1. The van der Waals surface area contributed by atoms with Crippen LogP contribution in [0.5, 0.6) is 0 Å². The van der Waals surface area contributed by atoms with Crippen LogP contribution in [0.15, 0.2) is 0 Å². The standard InChI is InChI=1S/C6H14.Mg.2H/c1-5(2)6(3)4;;;/h5-6H,1-4H3;;;. The van der Waals surface area contributed by atoms with Gasteiger partial charge < -0.3 is 0 Å². The van der Waals surface area contributed by atoms with Crippen LogP contribution in [0, 0.1) is 11.8 Å². The normalized spacial score (nSPS) is 9.43. The SMILES string of the molecule is CC(C)C(C)C.[MgH2]. The minimum Gasteiger partial charge on any atom is -0.0625 e. The van der Waals surface area contributed by atoms with E-state index in [0.29, 0.717) is 0 Å². The third kappa shape index (κ3) is 6.77. The molecule has 1 heteroatoms. The lowest BCUT2D eigenvalue weighted by Crippen LogP contribution is -1.95. The number of hydrogen-bond acceptors (Lipinski definition) is 0. The van der Waals surface area contributed by atoms with E-state index < -0.39 is 0 Å². The Bertz CT molecular complexity index is 25.2. The van der Waals surface area contributed by atoms with E-state index in [9.17, 15) is 0 Å². The Labute approximate surface area is 62.8 Å². The first-order valence-electron chi connectivity index (χ1n) is 2.64. The fourth-order valence-corrected chi connectivity index (χ4v) is 0. The van der Waals surface area contributed by atoms with Crippen LogP contribution in [0.2, 0.25) is 0 Å². The van der Waals surface area contributed by atoms with Gasteiger partial charge in [0, 0.05) is 0 Å². The summed E-state index contributed by atoms with van der Waals surface area (Å²) in [6.07, 6.45) is 0. The van der Waals surface area contributed by atoms with Crippen molar-refractivity contribution in [2.75, 3.05) is 0 Å². The summed E-state index contributed by atoms with van der Waals surface area (Å²) < 4.78 is 0. The van der Waals surface area contributed by atoms with Crippen LogP contribution in [-0.2, 0) is 0 Å². The van der Waals surface area contributed by atoms with E-state index in [4.69, 9.17) is 0 Å². The van der Waals surface area contributed by atoms with Gasteiger partial charge in [-0.2, -0.15) is 0 Å². The highest BCUT2D eigenvalue weighted by atomic mass is 24.3. The van der Waals surface area contributed by atoms with Crippen LogP contribution >= 0.6 is 0 Å². The summed E-state index contributed by atoms with van der Waals surface area (Å²) >= 11 is 0. The molecule has 0 saturated carbocycles. The molecule has 0 aromatic rings. The van der Waals surface area contributed by atoms with Crippen LogP contribution in [0.4, 0.5) is 0 Å². The zero-order chi connectivity index (χ0) is 5.15. The molecule has 0 aromatic heterocycles. The summed E-state index contributed by atoms with van der Waals surface area (Å²) in [7, 11) is 0. The minimum atomic E-state index is 0. The summed E-state index contributed by atoms with van der Waals surface area (Å²) in [6.45, 7) is 8.96. The van der Waals surface area contributed by atoms with Crippen molar-refractivity contribution in [2.45, 2.75) is 27.7 Å². The molecule has 0 amide bonds. The van der Waals surface area contributed by atoms with E-state index >= 15 is 0 Å².